The van der Waals surface area contributed by atoms with Gasteiger partial charge in [-0.15, -0.1) is 0 Å². The second kappa shape index (κ2) is 12.3. The maximum atomic E-state index is 12.6. The lowest BCUT2D eigenvalue weighted by molar-refractivity contribution is 0.102. The third kappa shape index (κ3) is 5.97. The van der Waals surface area contributed by atoms with Gasteiger partial charge in [-0.05, 0) is 49.6 Å². The molecule has 1 amide bonds. The highest BCUT2D eigenvalue weighted by Gasteiger charge is 2.11. The molecule has 0 aliphatic rings. The summed E-state index contributed by atoms with van der Waals surface area (Å²) >= 11 is 0. The number of fused-ring (bicyclic) bond motifs is 1. The van der Waals surface area contributed by atoms with Crippen molar-refractivity contribution in [2.45, 2.75) is 48.1 Å². The van der Waals surface area contributed by atoms with Crippen molar-refractivity contribution in [3.8, 4) is 5.75 Å². The first-order chi connectivity index (χ1) is 15.6. The average Bonchev–Trinajstić information content (AvgIpc) is 3.18. The first-order valence-electron chi connectivity index (χ1n) is 11.1. The number of nitrogens with zero attached hydrogens (tertiary/aromatic N) is 1. The van der Waals surface area contributed by atoms with Gasteiger partial charge in [0.05, 0.1) is 11.3 Å². The second-order valence-corrected chi connectivity index (χ2v) is 6.60. The van der Waals surface area contributed by atoms with Crippen LogP contribution in [0.2, 0.25) is 0 Å². The van der Waals surface area contributed by atoms with Gasteiger partial charge in [-0.1, -0.05) is 69.2 Å². The van der Waals surface area contributed by atoms with Gasteiger partial charge in [-0.2, -0.15) is 0 Å². The zero-order valence-electron chi connectivity index (χ0n) is 19.7. The van der Waals surface area contributed by atoms with Gasteiger partial charge in [0.25, 0.3) is 5.91 Å². The van der Waals surface area contributed by atoms with Gasteiger partial charge in [0.1, 0.15) is 18.1 Å². The Labute approximate surface area is 190 Å². The van der Waals surface area contributed by atoms with Crippen LogP contribution in [0.5, 0.6) is 5.75 Å². The van der Waals surface area contributed by atoms with Gasteiger partial charge in [0, 0.05) is 16.6 Å². The number of benzene rings is 3. The molecular weight excluding hydrogens is 400 g/mol. The summed E-state index contributed by atoms with van der Waals surface area (Å²) < 4.78 is 10.9. The highest BCUT2D eigenvalue weighted by molar-refractivity contribution is 6.09. The van der Waals surface area contributed by atoms with Crippen molar-refractivity contribution in [2.24, 2.45) is 0 Å². The number of aromatic nitrogens is 1. The van der Waals surface area contributed by atoms with Gasteiger partial charge in [-0.3, -0.25) is 4.79 Å². The number of rotatable bonds is 5. The van der Waals surface area contributed by atoms with Gasteiger partial charge >= 0.3 is 0 Å². The first-order valence-corrected chi connectivity index (χ1v) is 11.1. The molecule has 0 saturated carbocycles. The molecule has 0 spiro atoms. The zero-order valence-corrected chi connectivity index (χ0v) is 19.7. The number of hydrogen-bond acceptors (Lipinski definition) is 4. The number of nitrogens with one attached hydrogen (secondary N) is 1. The molecule has 1 aromatic heterocycles. The highest BCUT2D eigenvalue weighted by Crippen LogP contribution is 2.24. The summed E-state index contributed by atoms with van der Waals surface area (Å²) in [5.41, 5.74) is 3.13. The van der Waals surface area contributed by atoms with Crippen LogP contribution in [-0.4, -0.2) is 11.1 Å². The van der Waals surface area contributed by atoms with E-state index in [2.05, 4.69) is 10.5 Å². The van der Waals surface area contributed by atoms with E-state index in [1.54, 1.807) is 24.3 Å². The van der Waals surface area contributed by atoms with Crippen LogP contribution in [0.1, 0.15) is 55.1 Å². The molecule has 168 valence electrons. The van der Waals surface area contributed by atoms with Crippen molar-refractivity contribution >= 4 is 22.4 Å². The number of carbonyl (C=O) groups is 1. The Kier molecular flexibility index (Phi) is 9.48. The van der Waals surface area contributed by atoms with E-state index in [1.807, 2.05) is 84.0 Å². The minimum absolute atomic E-state index is 0.159. The van der Waals surface area contributed by atoms with Crippen molar-refractivity contribution < 1.29 is 14.1 Å². The monoisotopic (exact) mass is 432 g/mol. The molecule has 0 unspecified atom stereocenters. The summed E-state index contributed by atoms with van der Waals surface area (Å²) in [6, 6.07) is 20.9. The Hall–Kier alpha value is -3.60. The Bertz CT molecular complexity index is 1110. The highest BCUT2D eigenvalue weighted by atomic mass is 16.5. The Morgan fingerprint density at radius 3 is 2.22 bits per heavy atom. The van der Waals surface area contributed by atoms with Crippen molar-refractivity contribution in [2.75, 3.05) is 5.32 Å². The summed E-state index contributed by atoms with van der Waals surface area (Å²) in [5, 5.41) is 9.01. The quantitative estimate of drug-likeness (QED) is 0.358. The molecule has 32 heavy (non-hydrogen) atoms. The molecule has 0 fully saturated rings. The lowest BCUT2D eigenvalue weighted by Gasteiger charge is -2.10. The number of carbonyl (C=O) groups excluding carboxylic acids is 1. The summed E-state index contributed by atoms with van der Waals surface area (Å²) in [4.78, 5) is 12.6. The number of anilines is 1. The smallest absolute Gasteiger partial charge is 0.255 e. The lowest BCUT2D eigenvalue weighted by Crippen LogP contribution is -2.12. The summed E-state index contributed by atoms with van der Waals surface area (Å²) in [6.07, 6.45) is 0. The van der Waals surface area contributed by atoms with Crippen LogP contribution < -0.4 is 10.1 Å². The standard InChI is InChI=1S/C23H20N2O3.2C2H6/c1-15-21(16(2)28-25-15)14-27-19-12-10-18(11-13-19)23(26)24-22-9-5-7-17-6-3-4-8-20(17)22;2*1-2/h3-13H,14H2,1-2H3,(H,24,26);2*1-2H3. The first kappa shape index (κ1) is 24.7. The molecule has 0 radical (unpaired) electrons. The fourth-order valence-corrected chi connectivity index (χ4v) is 3.09. The maximum absolute atomic E-state index is 12.6. The van der Waals surface area contributed by atoms with E-state index in [9.17, 15) is 4.79 Å². The maximum Gasteiger partial charge on any atom is 0.255 e. The third-order valence-corrected chi connectivity index (χ3v) is 4.72. The average molecular weight is 433 g/mol. The van der Waals surface area contributed by atoms with Gasteiger partial charge in [0.2, 0.25) is 0 Å². The topological polar surface area (TPSA) is 64.4 Å². The molecule has 5 nitrogen and oxygen atoms in total. The number of ether oxygens (including phenoxy) is 1. The SMILES string of the molecule is CC.CC.Cc1noc(C)c1COc1ccc(C(=O)Nc2cccc3ccccc23)cc1. The Morgan fingerprint density at radius 1 is 0.906 bits per heavy atom. The molecule has 4 aromatic rings. The molecule has 3 aromatic carbocycles. The van der Waals surface area contributed by atoms with E-state index in [0.717, 1.165) is 33.5 Å². The van der Waals surface area contributed by atoms with Gasteiger partial charge in [0.15, 0.2) is 0 Å². The van der Waals surface area contributed by atoms with Crippen LogP contribution >= 0.6 is 0 Å². The number of aryl methyl sites for hydroxylation is 2. The lowest BCUT2D eigenvalue weighted by atomic mass is 10.1. The molecule has 0 aliphatic heterocycles. The fraction of sp³-hybridized carbons (Fsp3) is 0.259. The van der Waals surface area contributed by atoms with E-state index in [0.29, 0.717) is 17.9 Å². The molecular formula is C27H32N2O3. The molecule has 0 saturated heterocycles. The normalized spacial score (nSPS) is 9.81. The molecule has 4 rings (SSSR count). The summed E-state index contributed by atoms with van der Waals surface area (Å²) in [7, 11) is 0. The molecule has 0 atom stereocenters. The van der Waals surface area contributed by atoms with Crippen LogP contribution in [0.4, 0.5) is 5.69 Å². The fourth-order valence-electron chi connectivity index (χ4n) is 3.09. The van der Waals surface area contributed by atoms with Crippen molar-refractivity contribution in [3.63, 3.8) is 0 Å². The van der Waals surface area contributed by atoms with Crippen LogP contribution in [0, 0.1) is 13.8 Å². The number of hydrogen-bond donors (Lipinski definition) is 1. The molecule has 1 N–H and O–H groups in total. The van der Waals surface area contributed by atoms with Crippen LogP contribution in [0.3, 0.4) is 0 Å². The molecule has 1 heterocycles. The number of amides is 1. The molecule has 0 aliphatic carbocycles. The Morgan fingerprint density at radius 2 is 1.56 bits per heavy atom. The molecule has 5 heteroatoms. The minimum atomic E-state index is -0.159. The zero-order chi connectivity index (χ0) is 23.5. The Balaban J connectivity index is 0.000000860. The van der Waals surface area contributed by atoms with E-state index < -0.39 is 0 Å². The predicted octanol–water partition coefficient (Wildman–Crippen LogP) is 7.33. The van der Waals surface area contributed by atoms with Crippen LogP contribution in [0.15, 0.2) is 71.3 Å². The van der Waals surface area contributed by atoms with Crippen LogP contribution in [0.25, 0.3) is 10.8 Å². The van der Waals surface area contributed by atoms with E-state index >= 15 is 0 Å². The van der Waals surface area contributed by atoms with E-state index in [-0.39, 0.29) is 5.91 Å². The van der Waals surface area contributed by atoms with Crippen molar-refractivity contribution in [1.82, 2.24) is 5.16 Å². The van der Waals surface area contributed by atoms with Crippen molar-refractivity contribution in [3.05, 3.63) is 89.3 Å². The third-order valence-electron chi connectivity index (χ3n) is 4.72. The van der Waals surface area contributed by atoms with Gasteiger partial charge < -0.3 is 14.6 Å². The molecule has 0 bridgehead atoms. The van der Waals surface area contributed by atoms with Crippen LogP contribution in [-0.2, 0) is 6.61 Å². The van der Waals surface area contributed by atoms with Crippen molar-refractivity contribution in [1.29, 1.82) is 0 Å². The minimum Gasteiger partial charge on any atom is -0.489 e. The van der Waals surface area contributed by atoms with E-state index in [4.69, 9.17) is 9.26 Å². The van der Waals surface area contributed by atoms with Gasteiger partial charge in [-0.25, -0.2) is 0 Å². The summed E-state index contributed by atoms with van der Waals surface area (Å²) in [6.45, 7) is 12.1. The van der Waals surface area contributed by atoms with E-state index in [1.165, 1.54) is 0 Å². The second-order valence-electron chi connectivity index (χ2n) is 6.60. The predicted molar refractivity (Wildman–Crippen MR) is 131 cm³/mol. The summed E-state index contributed by atoms with van der Waals surface area (Å²) in [5.74, 6) is 1.28. The largest absolute Gasteiger partial charge is 0.489 e.